The van der Waals surface area contributed by atoms with Crippen LogP contribution in [0.5, 0.6) is 0 Å². The lowest BCUT2D eigenvalue weighted by molar-refractivity contribution is 0.0514. The summed E-state index contributed by atoms with van der Waals surface area (Å²) in [6.07, 6.45) is -0.409. The van der Waals surface area contributed by atoms with Gasteiger partial charge in [0.05, 0.1) is 6.10 Å². The van der Waals surface area contributed by atoms with Gasteiger partial charge in [-0.3, -0.25) is 0 Å². The maximum atomic E-state index is 9.52. The normalized spacial score (nSPS) is 43.5. The lowest BCUT2D eigenvalue weighted by Crippen LogP contribution is -2.18. The minimum atomic E-state index is -1.04. The Balaban J connectivity index is 2.59. The summed E-state index contributed by atoms with van der Waals surface area (Å²) in [5.74, 6) is 0. The highest BCUT2D eigenvalue weighted by molar-refractivity contribution is 5.20. The summed E-state index contributed by atoms with van der Waals surface area (Å²) in [6, 6.07) is 0. The zero-order valence-electron chi connectivity index (χ0n) is 6.33. The second kappa shape index (κ2) is 1.94. The quantitative estimate of drug-likeness (QED) is 0.492. The highest BCUT2D eigenvalue weighted by Crippen LogP contribution is 2.57. The maximum absolute atomic E-state index is 9.52. The van der Waals surface area contributed by atoms with Crippen molar-refractivity contribution in [3.05, 3.63) is 0 Å². The second-order valence-electron chi connectivity index (χ2n) is 3.52. The standard InChI is InChI=1S/C7H14O3/c1-6(2)5(9)7(6,10)3-4-8/h5,8-10H,3-4H2,1-2H3/t5?,7-/m1/s1. The molecule has 0 spiro atoms. The van der Waals surface area contributed by atoms with Gasteiger partial charge in [-0.1, -0.05) is 13.8 Å². The van der Waals surface area contributed by atoms with Gasteiger partial charge in [0.1, 0.15) is 5.60 Å². The Bertz CT molecular complexity index is 144. The summed E-state index contributed by atoms with van der Waals surface area (Å²) >= 11 is 0. The molecule has 1 rings (SSSR count). The molecular formula is C7H14O3. The van der Waals surface area contributed by atoms with E-state index >= 15 is 0 Å². The van der Waals surface area contributed by atoms with Crippen molar-refractivity contribution in [2.75, 3.05) is 6.61 Å². The van der Waals surface area contributed by atoms with Gasteiger partial charge in [0.15, 0.2) is 0 Å². The van der Waals surface area contributed by atoms with Crippen LogP contribution < -0.4 is 0 Å². The molecule has 0 aromatic rings. The molecule has 1 unspecified atom stereocenters. The van der Waals surface area contributed by atoms with Crippen molar-refractivity contribution in [2.45, 2.75) is 32.0 Å². The predicted octanol–water partition coefficient (Wildman–Crippen LogP) is -0.499. The van der Waals surface area contributed by atoms with E-state index in [2.05, 4.69) is 0 Å². The third-order valence-corrected chi connectivity index (χ3v) is 2.66. The molecule has 0 heterocycles. The highest BCUT2D eigenvalue weighted by Gasteiger charge is 2.69. The minimum Gasteiger partial charge on any atom is -0.396 e. The molecule has 3 nitrogen and oxygen atoms in total. The molecule has 0 saturated heterocycles. The first-order chi connectivity index (χ1) is 4.47. The van der Waals surface area contributed by atoms with Crippen molar-refractivity contribution in [3.8, 4) is 0 Å². The van der Waals surface area contributed by atoms with E-state index in [4.69, 9.17) is 5.11 Å². The molecule has 1 aliphatic rings. The number of rotatable bonds is 2. The first kappa shape index (κ1) is 7.98. The van der Waals surface area contributed by atoms with Gasteiger partial charge < -0.3 is 15.3 Å². The van der Waals surface area contributed by atoms with E-state index in [9.17, 15) is 10.2 Å². The average Bonchev–Trinajstić information content (AvgIpc) is 2.17. The molecule has 10 heavy (non-hydrogen) atoms. The lowest BCUT2D eigenvalue weighted by atomic mass is 10.1. The van der Waals surface area contributed by atoms with Crippen LogP contribution in [0.1, 0.15) is 20.3 Å². The van der Waals surface area contributed by atoms with Gasteiger partial charge in [0.25, 0.3) is 0 Å². The van der Waals surface area contributed by atoms with Crippen LogP contribution in [-0.4, -0.2) is 33.6 Å². The molecular weight excluding hydrogens is 132 g/mol. The Hall–Kier alpha value is -0.120. The van der Waals surface area contributed by atoms with Crippen molar-refractivity contribution in [3.63, 3.8) is 0 Å². The van der Waals surface area contributed by atoms with Crippen LogP contribution in [0.25, 0.3) is 0 Å². The zero-order valence-corrected chi connectivity index (χ0v) is 6.33. The van der Waals surface area contributed by atoms with Crippen molar-refractivity contribution in [1.29, 1.82) is 0 Å². The fourth-order valence-corrected chi connectivity index (χ4v) is 1.43. The van der Waals surface area contributed by atoms with E-state index in [0.29, 0.717) is 0 Å². The molecule has 60 valence electrons. The van der Waals surface area contributed by atoms with Crippen molar-refractivity contribution in [1.82, 2.24) is 0 Å². The zero-order chi connectivity index (χ0) is 7.99. The summed E-state index contributed by atoms with van der Waals surface area (Å²) in [4.78, 5) is 0. The van der Waals surface area contributed by atoms with Crippen molar-refractivity contribution in [2.24, 2.45) is 5.41 Å². The predicted molar refractivity (Wildman–Crippen MR) is 36.4 cm³/mol. The molecule has 0 amide bonds. The monoisotopic (exact) mass is 146 g/mol. The van der Waals surface area contributed by atoms with Crippen LogP contribution in [-0.2, 0) is 0 Å². The van der Waals surface area contributed by atoms with E-state index < -0.39 is 17.1 Å². The van der Waals surface area contributed by atoms with Crippen LogP contribution >= 0.6 is 0 Å². The molecule has 0 aromatic heterocycles. The van der Waals surface area contributed by atoms with Crippen LogP contribution in [0.15, 0.2) is 0 Å². The van der Waals surface area contributed by atoms with Gasteiger partial charge in [-0.05, 0) is 0 Å². The Labute approximate surface area is 60.3 Å². The van der Waals surface area contributed by atoms with Gasteiger partial charge >= 0.3 is 0 Å². The first-order valence-corrected chi connectivity index (χ1v) is 3.48. The van der Waals surface area contributed by atoms with Crippen LogP contribution in [0.2, 0.25) is 0 Å². The molecule has 0 aliphatic heterocycles. The van der Waals surface area contributed by atoms with Crippen molar-refractivity contribution < 1.29 is 15.3 Å². The number of aliphatic hydroxyl groups excluding tert-OH is 2. The molecule has 1 aliphatic carbocycles. The molecule has 2 atom stereocenters. The minimum absolute atomic E-state index is 0.0724. The lowest BCUT2D eigenvalue weighted by Gasteiger charge is -2.09. The topological polar surface area (TPSA) is 60.7 Å². The fraction of sp³-hybridized carbons (Fsp3) is 1.00. The molecule has 3 heteroatoms. The van der Waals surface area contributed by atoms with E-state index in [0.717, 1.165) is 0 Å². The Kier molecular flexibility index (Phi) is 1.54. The maximum Gasteiger partial charge on any atom is 0.101 e. The van der Waals surface area contributed by atoms with Gasteiger partial charge in [-0.25, -0.2) is 0 Å². The third kappa shape index (κ3) is 0.713. The number of hydrogen-bond acceptors (Lipinski definition) is 3. The van der Waals surface area contributed by atoms with Crippen LogP contribution in [0.3, 0.4) is 0 Å². The first-order valence-electron chi connectivity index (χ1n) is 3.48. The smallest absolute Gasteiger partial charge is 0.101 e. The van der Waals surface area contributed by atoms with Crippen molar-refractivity contribution >= 4 is 0 Å². The second-order valence-corrected chi connectivity index (χ2v) is 3.52. The van der Waals surface area contributed by atoms with E-state index in [-0.39, 0.29) is 13.0 Å². The Morgan fingerprint density at radius 3 is 1.90 bits per heavy atom. The van der Waals surface area contributed by atoms with Crippen LogP contribution in [0, 0.1) is 5.41 Å². The average molecular weight is 146 g/mol. The van der Waals surface area contributed by atoms with Gasteiger partial charge in [0, 0.05) is 18.4 Å². The largest absolute Gasteiger partial charge is 0.396 e. The summed E-state index contributed by atoms with van der Waals surface area (Å²) in [6.45, 7) is 3.50. The van der Waals surface area contributed by atoms with E-state index in [1.54, 1.807) is 13.8 Å². The highest BCUT2D eigenvalue weighted by atomic mass is 16.4. The van der Waals surface area contributed by atoms with E-state index in [1.807, 2.05) is 0 Å². The molecule has 0 radical (unpaired) electrons. The summed E-state index contributed by atoms with van der Waals surface area (Å²) < 4.78 is 0. The third-order valence-electron chi connectivity index (χ3n) is 2.66. The van der Waals surface area contributed by atoms with Crippen LogP contribution in [0.4, 0.5) is 0 Å². The molecule has 0 aromatic carbocycles. The number of hydrogen-bond donors (Lipinski definition) is 3. The van der Waals surface area contributed by atoms with Gasteiger partial charge in [-0.2, -0.15) is 0 Å². The van der Waals surface area contributed by atoms with Gasteiger partial charge in [-0.15, -0.1) is 0 Å². The molecule has 3 N–H and O–H groups in total. The number of aliphatic hydroxyl groups is 3. The fourth-order valence-electron chi connectivity index (χ4n) is 1.43. The summed E-state index contributed by atoms with van der Waals surface area (Å²) in [7, 11) is 0. The molecule has 1 saturated carbocycles. The Morgan fingerprint density at radius 2 is 1.80 bits per heavy atom. The van der Waals surface area contributed by atoms with Gasteiger partial charge in [0.2, 0.25) is 0 Å². The molecule has 0 bridgehead atoms. The SMILES string of the molecule is CC1(C)C(O)[C@]1(O)CCO. The molecule has 1 fully saturated rings. The summed E-state index contributed by atoms with van der Waals surface area (Å²) in [5, 5.41) is 27.2. The summed E-state index contributed by atoms with van der Waals surface area (Å²) in [5.41, 5.74) is -1.47. The van der Waals surface area contributed by atoms with E-state index in [1.165, 1.54) is 0 Å². The Morgan fingerprint density at radius 1 is 1.40 bits per heavy atom.